The number of ether oxygens (including phenoxy) is 1. The lowest BCUT2D eigenvalue weighted by Gasteiger charge is -2.13. The lowest BCUT2D eigenvalue weighted by Crippen LogP contribution is -2.14. The summed E-state index contributed by atoms with van der Waals surface area (Å²) in [5.74, 6) is 1.65. The summed E-state index contributed by atoms with van der Waals surface area (Å²) in [7, 11) is 0. The zero-order valence-electron chi connectivity index (χ0n) is 18.0. The first-order valence-corrected chi connectivity index (χ1v) is 11.0. The SMILES string of the molecule is O=C(Nc1cc(-c2nnc3n2CCCCC3)ccc1F)c1ccccc1Oc1ccccc1. The van der Waals surface area contributed by atoms with E-state index in [1.54, 1.807) is 48.5 Å². The van der Waals surface area contributed by atoms with Crippen molar-refractivity contribution in [1.29, 1.82) is 0 Å². The van der Waals surface area contributed by atoms with Crippen LogP contribution in [0.4, 0.5) is 10.1 Å². The summed E-state index contributed by atoms with van der Waals surface area (Å²) in [6.45, 7) is 0.834. The highest BCUT2D eigenvalue weighted by Gasteiger charge is 2.19. The summed E-state index contributed by atoms with van der Waals surface area (Å²) in [6, 6.07) is 20.7. The maximum atomic E-state index is 14.6. The van der Waals surface area contributed by atoms with Crippen LogP contribution in [-0.2, 0) is 13.0 Å². The molecule has 166 valence electrons. The molecule has 1 N–H and O–H groups in total. The topological polar surface area (TPSA) is 69.0 Å². The molecule has 0 radical (unpaired) electrons. The number of fused-ring (bicyclic) bond motifs is 1. The number of nitrogens with one attached hydrogen (secondary N) is 1. The number of amides is 1. The zero-order chi connectivity index (χ0) is 22.6. The van der Waals surface area contributed by atoms with E-state index in [9.17, 15) is 9.18 Å². The standard InChI is InChI=1S/C26H23FN4O2/c27-21-15-14-18(25-30-29-24-13-5-2-8-16-31(24)25)17-22(21)28-26(32)20-11-6-7-12-23(20)33-19-9-3-1-4-10-19/h1,3-4,6-7,9-12,14-15,17H,2,5,8,13,16H2,(H,28,32). The van der Waals surface area contributed by atoms with Gasteiger partial charge in [-0.25, -0.2) is 4.39 Å². The first kappa shape index (κ1) is 20.9. The number of benzene rings is 3. The summed E-state index contributed by atoms with van der Waals surface area (Å²) in [5.41, 5.74) is 1.10. The molecule has 1 aliphatic rings. The van der Waals surface area contributed by atoms with Gasteiger partial charge in [0.05, 0.1) is 11.3 Å². The van der Waals surface area contributed by atoms with Crippen LogP contribution in [0.25, 0.3) is 11.4 Å². The van der Waals surface area contributed by atoms with Gasteiger partial charge in [-0.05, 0) is 55.3 Å². The second-order valence-corrected chi connectivity index (χ2v) is 7.96. The second-order valence-electron chi connectivity index (χ2n) is 7.96. The highest BCUT2D eigenvalue weighted by Crippen LogP contribution is 2.29. The molecule has 0 atom stereocenters. The van der Waals surface area contributed by atoms with Crippen LogP contribution in [0.5, 0.6) is 11.5 Å². The van der Waals surface area contributed by atoms with Gasteiger partial charge in [0.25, 0.3) is 5.91 Å². The van der Waals surface area contributed by atoms with Crippen LogP contribution < -0.4 is 10.1 Å². The lowest BCUT2D eigenvalue weighted by molar-refractivity contribution is 0.102. The van der Waals surface area contributed by atoms with Crippen LogP contribution in [0.15, 0.2) is 72.8 Å². The zero-order valence-corrected chi connectivity index (χ0v) is 18.0. The van der Waals surface area contributed by atoms with Crippen LogP contribution in [0.1, 0.15) is 35.4 Å². The normalized spacial score (nSPS) is 13.1. The Bertz CT molecular complexity index is 1290. The molecule has 0 aliphatic carbocycles. The van der Waals surface area contributed by atoms with Crippen molar-refractivity contribution < 1.29 is 13.9 Å². The number of halogens is 1. The summed E-state index contributed by atoms with van der Waals surface area (Å²) in [4.78, 5) is 13.1. The van der Waals surface area contributed by atoms with Crippen LogP contribution in [0.2, 0.25) is 0 Å². The number of aromatic nitrogens is 3. The van der Waals surface area contributed by atoms with E-state index in [1.807, 2.05) is 18.2 Å². The average Bonchev–Trinajstić information content (AvgIpc) is 3.09. The number of carbonyl (C=O) groups is 1. The molecule has 1 amide bonds. The van der Waals surface area contributed by atoms with Crippen LogP contribution in [-0.4, -0.2) is 20.7 Å². The van der Waals surface area contributed by atoms with E-state index < -0.39 is 11.7 Å². The van der Waals surface area contributed by atoms with Gasteiger partial charge in [0.15, 0.2) is 5.82 Å². The smallest absolute Gasteiger partial charge is 0.259 e. The second kappa shape index (κ2) is 9.24. The monoisotopic (exact) mass is 442 g/mol. The maximum absolute atomic E-state index is 14.6. The lowest BCUT2D eigenvalue weighted by atomic mass is 10.1. The quantitative estimate of drug-likeness (QED) is 0.421. The van der Waals surface area contributed by atoms with E-state index in [2.05, 4.69) is 20.1 Å². The molecule has 5 rings (SSSR count). The third kappa shape index (κ3) is 4.48. The number of aryl methyl sites for hydroxylation is 1. The Morgan fingerprint density at radius 1 is 0.939 bits per heavy atom. The molecule has 2 heterocycles. The predicted octanol–water partition coefficient (Wildman–Crippen LogP) is 5.86. The highest BCUT2D eigenvalue weighted by atomic mass is 19.1. The van der Waals surface area contributed by atoms with Gasteiger partial charge in [-0.1, -0.05) is 36.8 Å². The molecule has 33 heavy (non-hydrogen) atoms. The Morgan fingerprint density at radius 3 is 2.64 bits per heavy atom. The van der Waals surface area contributed by atoms with Gasteiger partial charge < -0.3 is 14.6 Å². The van der Waals surface area contributed by atoms with E-state index >= 15 is 0 Å². The van der Waals surface area contributed by atoms with Crippen molar-refractivity contribution >= 4 is 11.6 Å². The highest BCUT2D eigenvalue weighted by molar-refractivity contribution is 6.06. The molecule has 0 saturated heterocycles. The first-order valence-electron chi connectivity index (χ1n) is 11.0. The van der Waals surface area contributed by atoms with E-state index in [-0.39, 0.29) is 5.69 Å². The Morgan fingerprint density at radius 2 is 1.76 bits per heavy atom. The van der Waals surface area contributed by atoms with E-state index in [1.165, 1.54) is 6.07 Å². The fraction of sp³-hybridized carbons (Fsp3) is 0.192. The molecule has 0 saturated carbocycles. The van der Waals surface area contributed by atoms with Crippen molar-refractivity contribution in [1.82, 2.24) is 14.8 Å². The molecule has 3 aromatic carbocycles. The number of hydrogen-bond acceptors (Lipinski definition) is 4. The fourth-order valence-electron chi connectivity index (χ4n) is 4.01. The van der Waals surface area contributed by atoms with Gasteiger partial charge in [0, 0.05) is 18.5 Å². The van der Waals surface area contributed by atoms with Crippen LogP contribution >= 0.6 is 0 Å². The van der Waals surface area contributed by atoms with Crippen molar-refractivity contribution in [3.63, 3.8) is 0 Å². The van der Waals surface area contributed by atoms with Crippen molar-refractivity contribution in [3.8, 4) is 22.9 Å². The third-order valence-corrected chi connectivity index (χ3v) is 5.68. The van der Waals surface area contributed by atoms with Gasteiger partial charge in [-0.15, -0.1) is 10.2 Å². The summed E-state index contributed by atoms with van der Waals surface area (Å²) < 4.78 is 22.6. The van der Waals surface area contributed by atoms with Crippen molar-refractivity contribution in [2.45, 2.75) is 32.2 Å². The molecule has 4 aromatic rings. The van der Waals surface area contributed by atoms with Gasteiger partial charge in [-0.2, -0.15) is 0 Å². The molecular weight excluding hydrogens is 419 g/mol. The minimum Gasteiger partial charge on any atom is -0.457 e. The van der Waals surface area contributed by atoms with Crippen molar-refractivity contribution in [2.75, 3.05) is 5.32 Å². The molecule has 1 aliphatic heterocycles. The minimum absolute atomic E-state index is 0.0815. The largest absolute Gasteiger partial charge is 0.457 e. The van der Waals surface area contributed by atoms with Gasteiger partial charge >= 0.3 is 0 Å². The van der Waals surface area contributed by atoms with Crippen molar-refractivity contribution in [3.05, 3.63) is 90.0 Å². The van der Waals surface area contributed by atoms with E-state index in [0.717, 1.165) is 38.1 Å². The van der Waals surface area contributed by atoms with E-state index in [4.69, 9.17) is 4.74 Å². The first-order chi connectivity index (χ1) is 16.2. The Kier molecular flexibility index (Phi) is 5.85. The average molecular weight is 442 g/mol. The molecule has 0 bridgehead atoms. The maximum Gasteiger partial charge on any atom is 0.259 e. The van der Waals surface area contributed by atoms with Crippen LogP contribution in [0.3, 0.4) is 0 Å². The third-order valence-electron chi connectivity index (χ3n) is 5.68. The number of carbonyl (C=O) groups excluding carboxylic acids is 1. The van der Waals surface area contributed by atoms with Crippen LogP contribution in [0, 0.1) is 5.82 Å². The van der Waals surface area contributed by atoms with Crippen molar-refractivity contribution in [2.24, 2.45) is 0 Å². The molecular formula is C26H23FN4O2. The van der Waals surface area contributed by atoms with Gasteiger partial charge in [0.1, 0.15) is 23.1 Å². The number of para-hydroxylation sites is 2. The Labute approximate surface area is 191 Å². The van der Waals surface area contributed by atoms with Gasteiger partial charge in [-0.3, -0.25) is 4.79 Å². The van der Waals surface area contributed by atoms with E-state index in [0.29, 0.717) is 28.5 Å². The molecule has 0 fully saturated rings. The fourth-order valence-corrected chi connectivity index (χ4v) is 4.01. The Hall–Kier alpha value is -4.00. The molecule has 7 heteroatoms. The number of anilines is 1. The molecule has 0 spiro atoms. The Balaban J connectivity index is 1.42. The predicted molar refractivity (Wildman–Crippen MR) is 124 cm³/mol. The summed E-state index contributed by atoms with van der Waals surface area (Å²) in [6.07, 6.45) is 4.18. The minimum atomic E-state index is -0.524. The summed E-state index contributed by atoms with van der Waals surface area (Å²) in [5, 5.41) is 11.4. The number of hydrogen-bond donors (Lipinski definition) is 1. The summed E-state index contributed by atoms with van der Waals surface area (Å²) >= 11 is 0. The molecule has 1 aromatic heterocycles. The number of rotatable bonds is 5. The van der Waals surface area contributed by atoms with Gasteiger partial charge in [0.2, 0.25) is 0 Å². The molecule has 6 nitrogen and oxygen atoms in total. The number of nitrogens with zero attached hydrogens (tertiary/aromatic N) is 3. The molecule has 0 unspecified atom stereocenters.